The molecule has 5 nitrogen and oxygen atoms in total. The zero-order chi connectivity index (χ0) is 12.2. The average Bonchev–Trinajstić information content (AvgIpc) is 2.63. The number of aromatic nitrogens is 2. The van der Waals surface area contributed by atoms with Gasteiger partial charge in [0.15, 0.2) is 0 Å². The topological polar surface area (TPSA) is 59.0 Å². The summed E-state index contributed by atoms with van der Waals surface area (Å²) >= 11 is 0. The highest BCUT2D eigenvalue weighted by Gasteiger charge is 2.25. The van der Waals surface area contributed by atoms with Crippen LogP contribution < -0.4 is 10.6 Å². The SMILES string of the molecule is CNC(=O)C(C)(C)CNCc1nccn1C. The largest absolute Gasteiger partial charge is 0.359 e. The highest BCUT2D eigenvalue weighted by molar-refractivity contribution is 5.81. The number of amides is 1. The minimum absolute atomic E-state index is 0.0415. The molecule has 0 aromatic carbocycles. The maximum atomic E-state index is 11.5. The molecule has 90 valence electrons. The van der Waals surface area contributed by atoms with Gasteiger partial charge in [-0.15, -0.1) is 0 Å². The number of carbonyl (C=O) groups is 1. The van der Waals surface area contributed by atoms with Crippen LogP contribution >= 0.6 is 0 Å². The van der Waals surface area contributed by atoms with Gasteiger partial charge in [-0.1, -0.05) is 0 Å². The second kappa shape index (κ2) is 5.12. The van der Waals surface area contributed by atoms with Crippen LogP contribution in [0.3, 0.4) is 0 Å². The normalized spacial score (nSPS) is 11.5. The molecule has 0 bridgehead atoms. The van der Waals surface area contributed by atoms with Crippen molar-refractivity contribution >= 4 is 5.91 Å². The predicted octanol–water partition coefficient (Wildman–Crippen LogP) is 0.282. The van der Waals surface area contributed by atoms with E-state index < -0.39 is 5.41 Å². The first kappa shape index (κ1) is 12.7. The molecule has 16 heavy (non-hydrogen) atoms. The van der Waals surface area contributed by atoms with Crippen LogP contribution in [0, 0.1) is 5.41 Å². The van der Waals surface area contributed by atoms with Gasteiger partial charge in [0.05, 0.1) is 12.0 Å². The van der Waals surface area contributed by atoms with Crippen molar-refractivity contribution in [2.45, 2.75) is 20.4 Å². The summed E-state index contributed by atoms with van der Waals surface area (Å²) in [7, 11) is 3.61. The molecule has 5 heteroatoms. The number of rotatable bonds is 5. The lowest BCUT2D eigenvalue weighted by molar-refractivity contribution is -0.128. The lowest BCUT2D eigenvalue weighted by Crippen LogP contribution is -2.42. The summed E-state index contributed by atoms with van der Waals surface area (Å²) in [5, 5.41) is 5.90. The van der Waals surface area contributed by atoms with Crippen molar-refractivity contribution in [3.05, 3.63) is 18.2 Å². The van der Waals surface area contributed by atoms with Gasteiger partial charge in [0.1, 0.15) is 5.82 Å². The van der Waals surface area contributed by atoms with E-state index in [-0.39, 0.29) is 5.91 Å². The van der Waals surface area contributed by atoms with Crippen LogP contribution in [-0.2, 0) is 18.4 Å². The second-order valence-electron chi connectivity index (χ2n) is 4.52. The van der Waals surface area contributed by atoms with Gasteiger partial charge in [0.25, 0.3) is 0 Å². The van der Waals surface area contributed by atoms with Gasteiger partial charge in [-0.05, 0) is 13.8 Å². The van der Waals surface area contributed by atoms with E-state index in [0.29, 0.717) is 13.1 Å². The fourth-order valence-corrected chi connectivity index (χ4v) is 1.47. The van der Waals surface area contributed by atoms with Crippen molar-refractivity contribution in [1.82, 2.24) is 20.2 Å². The van der Waals surface area contributed by atoms with Crippen LogP contribution in [0.4, 0.5) is 0 Å². The van der Waals surface area contributed by atoms with E-state index in [1.54, 1.807) is 13.2 Å². The Hall–Kier alpha value is -1.36. The molecule has 1 aromatic heterocycles. The van der Waals surface area contributed by atoms with Crippen LogP contribution in [-0.4, -0.2) is 29.1 Å². The lowest BCUT2D eigenvalue weighted by atomic mass is 9.92. The third kappa shape index (κ3) is 3.06. The van der Waals surface area contributed by atoms with Crippen molar-refractivity contribution in [2.24, 2.45) is 12.5 Å². The molecule has 0 radical (unpaired) electrons. The quantitative estimate of drug-likeness (QED) is 0.755. The number of hydrogen-bond acceptors (Lipinski definition) is 3. The van der Waals surface area contributed by atoms with Crippen molar-refractivity contribution in [3.63, 3.8) is 0 Å². The standard InChI is InChI=1S/C11H20N4O/c1-11(2,10(16)12-3)8-13-7-9-14-5-6-15(9)4/h5-6,13H,7-8H2,1-4H3,(H,12,16). The summed E-state index contributed by atoms with van der Waals surface area (Å²) < 4.78 is 1.96. The first-order valence-corrected chi connectivity index (χ1v) is 5.36. The Morgan fingerprint density at radius 3 is 2.75 bits per heavy atom. The molecular formula is C11H20N4O. The van der Waals surface area contributed by atoms with Crippen LogP contribution in [0.1, 0.15) is 19.7 Å². The molecule has 0 saturated heterocycles. The third-order valence-electron chi connectivity index (χ3n) is 2.61. The molecule has 0 aliphatic rings. The van der Waals surface area contributed by atoms with Gasteiger partial charge in [-0.25, -0.2) is 4.98 Å². The molecule has 1 rings (SSSR count). The maximum Gasteiger partial charge on any atom is 0.226 e. The monoisotopic (exact) mass is 224 g/mol. The van der Waals surface area contributed by atoms with E-state index in [1.165, 1.54) is 0 Å². The summed E-state index contributed by atoms with van der Waals surface area (Å²) in [5.74, 6) is 1.01. The van der Waals surface area contributed by atoms with Gasteiger partial charge in [0, 0.05) is 33.0 Å². The smallest absolute Gasteiger partial charge is 0.226 e. The number of imidazole rings is 1. The Kier molecular flexibility index (Phi) is 4.06. The Labute approximate surface area is 96.3 Å². The van der Waals surface area contributed by atoms with Crippen LogP contribution in [0.25, 0.3) is 0 Å². The number of carbonyl (C=O) groups excluding carboxylic acids is 1. The molecule has 0 aliphatic carbocycles. The molecule has 1 aromatic rings. The molecule has 1 heterocycles. The summed E-state index contributed by atoms with van der Waals surface area (Å²) in [6.07, 6.45) is 3.67. The molecule has 0 atom stereocenters. The highest BCUT2D eigenvalue weighted by Crippen LogP contribution is 2.13. The van der Waals surface area contributed by atoms with Gasteiger partial charge in [-0.2, -0.15) is 0 Å². The first-order chi connectivity index (χ1) is 7.47. The van der Waals surface area contributed by atoms with E-state index in [2.05, 4.69) is 15.6 Å². The fourth-order valence-electron chi connectivity index (χ4n) is 1.47. The Morgan fingerprint density at radius 1 is 1.56 bits per heavy atom. The average molecular weight is 224 g/mol. The first-order valence-electron chi connectivity index (χ1n) is 5.36. The molecule has 0 aliphatic heterocycles. The second-order valence-corrected chi connectivity index (χ2v) is 4.52. The molecule has 0 fully saturated rings. The van der Waals surface area contributed by atoms with Crippen LogP contribution in [0.5, 0.6) is 0 Å². The van der Waals surface area contributed by atoms with Crippen molar-refractivity contribution < 1.29 is 4.79 Å². The lowest BCUT2D eigenvalue weighted by Gasteiger charge is -2.22. The molecule has 1 amide bonds. The van der Waals surface area contributed by atoms with Crippen molar-refractivity contribution in [2.75, 3.05) is 13.6 Å². The molecule has 0 saturated carbocycles. The van der Waals surface area contributed by atoms with E-state index in [4.69, 9.17) is 0 Å². The minimum Gasteiger partial charge on any atom is -0.359 e. The van der Waals surface area contributed by atoms with E-state index in [1.807, 2.05) is 31.7 Å². The molecular weight excluding hydrogens is 204 g/mol. The molecule has 2 N–H and O–H groups in total. The molecule has 0 unspecified atom stereocenters. The molecule has 0 spiro atoms. The zero-order valence-electron chi connectivity index (χ0n) is 10.4. The van der Waals surface area contributed by atoms with Crippen LogP contribution in [0.2, 0.25) is 0 Å². The van der Waals surface area contributed by atoms with Gasteiger partial charge < -0.3 is 15.2 Å². The minimum atomic E-state index is -0.403. The highest BCUT2D eigenvalue weighted by atomic mass is 16.2. The van der Waals surface area contributed by atoms with Crippen LogP contribution in [0.15, 0.2) is 12.4 Å². The van der Waals surface area contributed by atoms with Gasteiger partial charge in [0.2, 0.25) is 5.91 Å². The van der Waals surface area contributed by atoms with E-state index in [0.717, 1.165) is 5.82 Å². The number of nitrogens with zero attached hydrogens (tertiary/aromatic N) is 2. The van der Waals surface area contributed by atoms with Crippen molar-refractivity contribution in [1.29, 1.82) is 0 Å². The summed E-state index contributed by atoms with van der Waals surface area (Å²) in [6, 6.07) is 0. The Balaban J connectivity index is 2.41. The van der Waals surface area contributed by atoms with Gasteiger partial charge >= 0.3 is 0 Å². The van der Waals surface area contributed by atoms with Gasteiger partial charge in [-0.3, -0.25) is 4.79 Å². The summed E-state index contributed by atoms with van der Waals surface area (Å²) in [5.41, 5.74) is -0.403. The summed E-state index contributed by atoms with van der Waals surface area (Å²) in [4.78, 5) is 15.7. The predicted molar refractivity (Wildman–Crippen MR) is 62.8 cm³/mol. The number of aryl methyl sites for hydroxylation is 1. The number of hydrogen-bond donors (Lipinski definition) is 2. The maximum absolute atomic E-state index is 11.5. The van der Waals surface area contributed by atoms with Crippen molar-refractivity contribution in [3.8, 4) is 0 Å². The fraction of sp³-hybridized carbons (Fsp3) is 0.636. The Bertz CT molecular complexity index is 357. The third-order valence-corrected chi connectivity index (χ3v) is 2.61. The van der Waals surface area contributed by atoms with E-state index >= 15 is 0 Å². The summed E-state index contributed by atoms with van der Waals surface area (Å²) in [6.45, 7) is 5.12. The number of nitrogens with one attached hydrogen (secondary N) is 2. The van der Waals surface area contributed by atoms with E-state index in [9.17, 15) is 4.79 Å². The Morgan fingerprint density at radius 2 is 2.25 bits per heavy atom. The zero-order valence-corrected chi connectivity index (χ0v) is 10.4.